The molecule has 2 aromatic heterocycles. The summed E-state index contributed by atoms with van der Waals surface area (Å²) in [7, 11) is 0. The summed E-state index contributed by atoms with van der Waals surface area (Å²) >= 11 is 1.68. The molecule has 0 bridgehead atoms. The van der Waals surface area contributed by atoms with Crippen molar-refractivity contribution in [2.24, 2.45) is 5.73 Å². The molecule has 0 aliphatic heterocycles. The van der Waals surface area contributed by atoms with Gasteiger partial charge in [0.15, 0.2) is 4.96 Å². The zero-order valence-corrected chi connectivity index (χ0v) is 20.4. The summed E-state index contributed by atoms with van der Waals surface area (Å²) in [6.45, 7) is 1.54. The van der Waals surface area contributed by atoms with Crippen molar-refractivity contribution in [3.05, 3.63) is 76.4 Å². The number of rotatable bonds is 6. The Kier molecular flexibility index (Phi) is 6.55. The minimum Gasteiger partial charge on any atom is -0.344 e. The standard InChI is InChI=1S/C26H25F2N5O2S/c1-14(30-23(34)11-15-9-17(27)12-18(28)10-15)25(35)31-19-7-5-16(6-8-19)21-13-33-24-20(29)3-2-4-22(24)36-26(33)32-21/h5-10,12-14,20H,2-4,11,29H2,1H3,(H,30,34)(H,31,35)/t14-,20?/m0/s1. The summed E-state index contributed by atoms with van der Waals surface area (Å²) in [5, 5.41) is 5.31. The molecule has 0 saturated carbocycles. The van der Waals surface area contributed by atoms with E-state index in [2.05, 4.69) is 15.0 Å². The van der Waals surface area contributed by atoms with Gasteiger partial charge in [0.1, 0.15) is 17.7 Å². The second-order valence-electron chi connectivity index (χ2n) is 9.00. The van der Waals surface area contributed by atoms with Crippen LogP contribution in [-0.4, -0.2) is 27.2 Å². The maximum absolute atomic E-state index is 13.3. The number of amides is 2. The lowest BCUT2D eigenvalue weighted by molar-refractivity contribution is -0.125. The second-order valence-corrected chi connectivity index (χ2v) is 10.1. The zero-order valence-electron chi connectivity index (χ0n) is 19.6. The van der Waals surface area contributed by atoms with Crippen molar-refractivity contribution in [1.29, 1.82) is 0 Å². The SMILES string of the molecule is C[C@H](NC(=O)Cc1cc(F)cc(F)c1)C(=O)Nc1ccc(-c2cn3c4c(sc3n2)CCCC4N)cc1. The van der Waals surface area contributed by atoms with E-state index in [9.17, 15) is 18.4 Å². The molecule has 1 unspecified atom stereocenters. The lowest BCUT2D eigenvalue weighted by atomic mass is 9.98. The van der Waals surface area contributed by atoms with Gasteiger partial charge in [0.2, 0.25) is 11.8 Å². The molecule has 0 fully saturated rings. The normalized spacial score (nSPS) is 15.9. The van der Waals surface area contributed by atoms with Gasteiger partial charge in [-0.25, -0.2) is 13.8 Å². The summed E-state index contributed by atoms with van der Waals surface area (Å²) in [5.74, 6) is -2.44. The van der Waals surface area contributed by atoms with Crippen LogP contribution >= 0.6 is 11.3 Å². The van der Waals surface area contributed by atoms with E-state index in [1.807, 2.05) is 18.3 Å². The van der Waals surface area contributed by atoms with Crippen LogP contribution in [-0.2, 0) is 22.4 Å². The first-order valence-corrected chi connectivity index (χ1v) is 12.5. The van der Waals surface area contributed by atoms with Crippen LogP contribution in [0.1, 0.15) is 41.9 Å². The average Bonchev–Trinajstić information content (AvgIpc) is 3.37. The number of carbonyl (C=O) groups is 2. The van der Waals surface area contributed by atoms with Crippen molar-refractivity contribution >= 4 is 33.8 Å². The molecule has 2 amide bonds. The van der Waals surface area contributed by atoms with Crippen LogP contribution in [0.2, 0.25) is 0 Å². The second kappa shape index (κ2) is 9.79. The van der Waals surface area contributed by atoms with Gasteiger partial charge in [0, 0.05) is 34.4 Å². The number of benzene rings is 2. The molecule has 186 valence electrons. The number of halogens is 2. The van der Waals surface area contributed by atoms with Crippen LogP contribution < -0.4 is 16.4 Å². The number of aromatic nitrogens is 2. The van der Waals surface area contributed by atoms with E-state index in [0.29, 0.717) is 5.69 Å². The summed E-state index contributed by atoms with van der Waals surface area (Å²) < 4.78 is 28.7. The van der Waals surface area contributed by atoms with Gasteiger partial charge >= 0.3 is 0 Å². The first-order chi connectivity index (χ1) is 17.3. The summed E-state index contributed by atoms with van der Waals surface area (Å²) in [5.41, 5.74) is 9.99. The van der Waals surface area contributed by atoms with Gasteiger partial charge in [-0.3, -0.25) is 14.0 Å². The molecule has 7 nitrogen and oxygen atoms in total. The number of anilines is 1. The van der Waals surface area contributed by atoms with E-state index in [1.165, 1.54) is 11.8 Å². The molecule has 0 spiro atoms. The number of fused-ring (bicyclic) bond motifs is 3. The van der Waals surface area contributed by atoms with E-state index in [4.69, 9.17) is 10.7 Å². The average molecular weight is 510 g/mol. The number of nitrogens with two attached hydrogens (primary N) is 1. The van der Waals surface area contributed by atoms with Gasteiger partial charge in [-0.15, -0.1) is 11.3 Å². The van der Waals surface area contributed by atoms with Crippen molar-refractivity contribution < 1.29 is 18.4 Å². The summed E-state index contributed by atoms with van der Waals surface area (Å²) in [4.78, 5) is 31.8. The quantitative estimate of drug-likeness (QED) is 0.359. The zero-order chi connectivity index (χ0) is 25.4. The topological polar surface area (TPSA) is 102 Å². The molecule has 2 heterocycles. The van der Waals surface area contributed by atoms with Crippen LogP contribution in [0.4, 0.5) is 14.5 Å². The molecule has 0 saturated heterocycles. The Morgan fingerprint density at radius 3 is 2.64 bits per heavy atom. The van der Waals surface area contributed by atoms with Crippen molar-refractivity contribution in [1.82, 2.24) is 14.7 Å². The molecular formula is C26H25F2N5O2S. The van der Waals surface area contributed by atoms with Crippen LogP contribution in [0.3, 0.4) is 0 Å². The van der Waals surface area contributed by atoms with Gasteiger partial charge in [-0.1, -0.05) is 12.1 Å². The number of hydrogen-bond acceptors (Lipinski definition) is 5. The Hall–Kier alpha value is -3.63. The Bertz CT molecular complexity index is 1430. The van der Waals surface area contributed by atoms with Crippen LogP contribution in [0.15, 0.2) is 48.7 Å². The molecule has 2 atom stereocenters. The van der Waals surface area contributed by atoms with Crippen LogP contribution in [0, 0.1) is 11.6 Å². The predicted octanol–water partition coefficient (Wildman–Crippen LogP) is 4.36. The molecule has 36 heavy (non-hydrogen) atoms. The number of imidazole rings is 1. The summed E-state index contributed by atoms with van der Waals surface area (Å²) in [6.07, 6.45) is 4.89. The molecule has 0 radical (unpaired) electrons. The Morgan fingerprint density at radius 2 is 1.92 bits per heavy atom. The van der Waals surface area contributed by atoms with Crippen LogP contribution in [0.25, 0.3) is 16.2 Å². The van der Waals surface area contributed by atoms with Gasteiger partial charge in [-0.05, 0) is 56.0 Å². The van der Waals surface area contributed by atoms with Gasteiger partial charge < -0.3 is 16.4 Å². The first kappa shape index (κ1) is 24.1. The van der Waals surface area contributed by atoms with Gasteiger partial charge in [0.25, 0.3) is 0 Å². The lowest BCUT2D eigenvalue weighted by Crippen LogP contribution is -2.42. The Labute approximate surface area is 210 Å². The Balaban J connectivity index is 1.21. The van der Waals surface area contributed by atoms with E-state index in [1.54, 1.807) is 23.5 Å². The number of thiazole rings is 1. The maximum atomic E-state index is 13.3. The smallest absolute Gasteiger partial charge is 0.246 e. The summed E-state index contributed by atoms with van der Waals surface area (Å²) in [6, 6.07) is 9.37. The fraction of sp³-hybridized carbons (Fsp3) is 0.269. The fourth-order valence-corrected chi connectivity index (χ4v) is 5.67. The van der Waals surface area contributed by atoms with Crippen molar-refractivity contribution in [3.63, 3.8) is 0 Å². The van der Waals surface area contributed by atoms with Crippen LogP contribution in [0.5, 0.6) is 0 Å². The molecule has 4 aromatic rings. The van der Waals surface area contributed by atoms with Gasteiger partial charge in [-0.2, -0.15) is 0 Å². The third-order valence-electron chi connectivity index (χ3n) is 6.21. The number of aryl methyl sites for hydroxylation is 1. The highest BCUT2D eigenvalue weighted by Crippen LogP contribution is 2.36. The van der Waals surface area contributed by atoms with Crippen molar-refractivity contribution in [3.8, 4) is 11.3 Å². The number of hydrogen-bond donors (Lipinski definition) is 3. The number of nitrogens with zero attached hydrogens (tertiary/aromatic N) is 2. The molecule has 1 aliphatic carbocycles. The van der Waals surface area contributed by atoms with E-state index < -0.39 is 29.5 Å². The van der Waals surface area contributed by atoms with Gasteiger partial charge in [0.05, 0.1) is 17.8 Å². The molecule has 10 heteroatoms. The molecular weight excluding hydrogens is 484 g/mol. The highest BCUT2D eigenvalue weighted by molar-refractivity contribution is 7.17. The van der Waals surface area contributed by atoms with E-state index in [-0.39, 0.29) is 18.0 Å². The third-order valence-corrected chi connectivity index (χ3v) is 7.34. The number of carbonyl (C=O) groups excluding carboxylic acids is 2. The highest BCUT2D eigenvalue weighted by Gasteiger charge is 2.24. The monoisotopic (exact) mass is 509 g/mol. The number of nitrogens with one attached hydrogen (secondary N) is 2. The minimum atomic E-state index is -0.842. The van der Waals surface area contributed by atoms with Crippen molar-refractivity contribution in [2.75, 3.05) is 5.32 Å². The van der Waals surface area contributed by atoms with E-state index in [0.717, 1.165) is 59.4 Å². The lowest BCUT2D eigenvalue weighted by Gasteiger charge is -2.18. The molecule has 1 aliphatic rings. The molecule has 5 rings (SSSR count). The third kappa shape index (κ3) is 5.00. The highest BCUT2D eigenvalue weighted by atomic mass is 32.1. The van der Waals surface area contributed by atoms with E-state index >= 15 is 0 Å². The largest absolute Gasteiger partial charge is 0.344 e. The maximum Gasteiger partial charge on any atom is 0.246 e. The first-order valence-electron chi connectivity index (χ1n) is 11.7. The fourth-order valence-electron chi connectivity index (χ4n) is 4.46. The van der Waals surface area contributed by atoms with Crippen molar-refractivity contribution in [2.45, 2.75) is 44.7 Å². The minimum absolute atomic E-state index is 0.0274. The predicted molar refractivity (Wildman–Crippen MR) is 135 cm³/mol. The Morgan fingerprint density at radius 1 is 1.19 bits per heavy atom. The molecule has 4 N–H and O–H groups in total. The molecule has 2 aromatic carbocycles.